The normalized spacial score (nSPS) is 31.6. The van der Waals surface area contributed by atoms with Crippen LogP contribution in [0, 0.1) is 17.8 Å². The maximum Gasteiger partial charge on any atom is 0.426 e. The monoisotopic (exact) mass is 444 g/mol. The Hall–Kier alpha value is -1.71. The number of hydrogen-bond donors (Lipinski definition) is 0. The third-order valence-corrected chi connectivity index (χ3v) is 5.52. The Morgan fingerprint density at radius 1 is 1.10 bits per heavy atom. The number of halogens is 6. The standard InChI is InChI=1S/C12H12F6O2.C8H14O2/c1-2-19-9-5-3-6-7(4-5)20-10(8(6)9,11(13,14)15)12(16,17)18;1-6(2)7(9)10-8(3,4)5/h2,5-9H,1,3-4H2;1H2,2-5H3. The second-order valence-corrected chi connectivity index (χ2v) is 8.86. The van der Waals surface area contributed by atoms with Gasteiger partial charge in [0.25, 0.3) is 5.60 Å². The predicted molar refractivity (Wildman–Crippen MR) is 95.1 cm³/mol. The van der Waals surface area contributed by atoms with Crippen LogP contribution < -0.4 is 0 Å². The van der Waals surface area contributed by atoms with Gasteiger partial charge in [-0.05, 0) is 52.4 Å². The van der Waals surface area contributed by atoms with Gasteiger partial charge in [0.1, 0.15) is 11.7 Å². The minimum absolute atomic E-state index is 0.174. The first-order chi connectivity index (χ1) is 13.5. The summed E-state index contributed by atoms with van der Waals surface area (Å²) in [5.41, 5.74) is -4.08. The van der Waals surface area contributed by atoms with E-state index in [1.807, 2.05) is 20.8 Å². The van der Waals surface area contributed by atoms with Crippen LogP contribution in [0.3, 0.4) is 0 Å². The van der Waals surface area contributed by atoms with E-state index in [1.54, 1.807) is 6.92 Å². The Labute approximate surface area is 171 Å². The van der Waals surface area contributed by atoms with E-state index in [0.29, 0.717) is 5.57 Å². The zero-order valence-electron chi connectivity index (χ0n) is 17.2. The summed E-state index contributed by atoms with van der Waals surface area (Å²) >= 11 is 0. The molecule has 2 aliphatic carbocycles. The van der Waals surface area contributed by atoms with Crippen LogP contribution in [0.4, 0.5) is 26.3 Å². The van der Waals surface area contributed by atoms with Crippen LogP contribution in [0.25, 0.3) is 0 Å². The fourth-order valence-corrected chi connectivity index (χ4v) is 4.58. The minimum atomic E-state index is -5.52. The Balaban J connectivity index is 0.000000274. The van der Waals surface area contributed by atoms with Crippen molar-refractivity contribution in [2.75, 3.05) is 0 Å². The first-order valence-electron chi connectivity index (χ1n) is 9.42. The Kier molecular flexibility index (Phi) is 6.36. The molecule has 0 spiro atoms. The van der Waals surface area contributed by atoms with Crippen molar-refractivity contribution in [3.05, 3.63) is 25.0 Å². The van der Waals surface area contributed by atoms with Gasteiger partial charge in [-0.1, -0.05) is 13.2 Å². The molecule has 3 rings (SSSR count). The smallest absolute Gasteiger partial charge is 0.426 e. The highest BCUT2D eigenvalue weighted by atomic mass is 19.4. The highest BCUT2D eigenvalue weighted by molar-refractivity contribution is 5.87. The number of hydrogen-bond acceptors (Lipinski definition) is 4. The lowest BCUT2D eigenvalue weighted by Crippen LogP contribution is -2.62. The molecule has 1 aliphatic heterocycles. The number of carbonyl (C=O) groups is 1. The summed E-state index contributed by atoms with van der Waals surface area (Å²) in [5.74, 6) is -3.16. The summed E-state index contributed by atoms with van der Waals surface area (Å²) in [4.78, 5) is 10.8. The van der Waals surface area contributed by atoms with Gasteiger partial charge in [-0.15, -0.1) is 0 Å². The van der Waals surface area contributed by atoms with Crippen molar-refractivity contribution in [1.82, 2.24) is 0 Å². The second kappa shape index (κ2) is 7.76. The van der Waals surface area contributed by atoms with Crippen molar-refractivity contribution in [2.24, 2.45) is 17.8 Å². The van der Waals surface area contributed by atoms with E-state index in [9.17, 15) is 31.1 Å². The van der Waals surface area contributed by atoms with Crippen LogP contribution in [0.1, 0.15) is 40.5 Å². The van der Waals surface area contributed by atoms with E-state index in [4.69, 9.17) is 9.47 Å². The highest BCUT2D eigenvalue weighted by Crippen LogP contribution is 2.68. The topological polar surface area (TPSA) is 44.8 Å². The number of ether oxygens (including phenoxy) is 3. The van der Waals surface area contributed by atoms with Crippen LogP contribution in [-0.4, -0.2) is 41.7 Å². The van der Waals surface area contributed by atoms with E-state index < -0.39 is 47.6 Å². The average Bonchev–Trinajstić information content (AvgIpc) is 3.12. The van der Waals surface area contributed by atoms with E-state index in [-0.39, 0.29) is 24.7 Å². The summed E-state index contributed by atoms with van der Waals surface area (Å²) in [6, 6.07) is 0. The van der Waals surface area contributed by atoms with Crippen LogP contribution >= 0.6 is 0 Å². The van der Waals surface area contributed by atoms with Crippen LogP contribution in [0.2, 0.25) is 0 Å². The van der Waals surface area contributed by atoms with Gasteiger partial charge in [-0.25, -0.2) is 4.79 Å². The molecule has 172 valence electrons. The molecule has 1 heterocycles. The van der Waals surface area contributed by atoms with Crippen LogP contribution in [0.15, 0.2) is 25.0 Å². The molecule has 4 nitrogen and oxygen atoms in total. The van der Waals surface area contributed by atoms with E-state index in [1.165, 1.54) is 0 Å². The molecule has 2 bridgehead atoms. The van der Waals surface area contributed by atoms with Gasteiger partial charge in [-0.2, -0.15) is 26.3 Å². The molecule has 3 fully saturated rings. The van der Waals surface area contributed by atoms with Crippen molar-refractivity contribution < 1.29 is 45.3 Å². The number of fused-ring (bicyclic) bond motifs is 1. The fourth-order valence-electron chi connectivity index (χ4n) is 4.58. The summed E-state index contributed by atoms with van der Waals surface area (Å²) in [7, 11) is 0. The van der Waals surface area contributed by atoms with Crippen molar-refractivity contribution in [3.8, 4) is 0 Å². The Morgan fingerprint density at radius 3 is 2.00 bits per heavy atom. The second-order valence-electron chi connectivity index (χ2n) is 8.86. The van der Waals surface area contributed by atoms with Gasteiger partial charge < -0.3 is 14.2 Å². The number of carbonyl (C=O) groups excluding carboxylic acids is 1. The van der Waals surface area contributed by atoms with Gasteiger partial charge in [0.2, 0.25) is 0 Å². The molecule has 2 saturated carbocycles. The van der Waals surface area contributed by atoms with Crippen molar-refractivity contribution in [1.29, 1.82) is 0 Å². The van der Waals surface area contributed by atoms with E-state index >= 15 is 0 Å². The first kappa shape index (κ1) is 24.6. The lowest BCUT2D eigenvalue weighted by atomic mass is 9.76. The van der Waals surface area contributed by atoms with Gasteiger partial charge >= 0.3 is 18.3 Å². The van der Waals surface area contributed by atoms with Gasteiger partial charge in [0.15, 0.2) is 0 Å². The number of rotatable bonds is 3. The molecule has 10 heteroatoms. The minimum Gasteiger partial charge on any atom is -0.498 e. The quantitative estimate of drug-likeness (QED) is 0.255. The zero-order chi connectivity index (χ0) is 23.3. The molecule has 3 aliphatic rings. The van der Waals surface area contributed by atoms with Gasteiger partial charge in [0, 0.05) is 11.5 Å². The molecule has 5 atom stereocenters. The third kappa shape index (κ3) is 4.20. The summed E-state index contributed by atoms with van der Waals surface area (Å²) in [6.07, 6.45) is -11.8. The summed E-state index contributed by atoms with van der Waals surface area (Å²) in [6.45, 7) is 13.8. The number of alkyl halides is 6. The molecule has 1 saturated heterocycles. The summed E-state index contributed by atoms with van der Waals surface area (Å²) < 4.78 is 93.9. The molecule has 0 aromatic carbocycles. The zero-order valence-corrected chi connectivity index (χ0v) is 17.2. The molecule has 0 N–H and O–H groups in total. The predicted octanol–water partition coefficient (Wildman–Crippen LogP) is 5.34. The van der Waals surface area contributed by atoms with Crippen LogP contribution in [-0.2, 0) is 19.0 Å². The van der Waals surface area contributed by atoms with Crippen molar-refractivity contribution in [3.63, 3.8) is 0 Å². The van der Waals surface area contributed by atoms with Crippen molar-refractivity contribution in [2.45, 2.75) is 76.3 Å². The molecule has 0 aromatic heterocycles. The Bertz CT molecular complexity index is 675. The highest BCUT2D eigenvalue weighted by Gasteiger charge is 2.85. The fraction of sp³-hybridized carbons (Fsp3) is 0.750. The molecule has 0 radical (unpaired) electrons. The molecule has 5 unspecified atom stereocenters. The molecule has 0 amide bonds. The maximum absolute atomic E-state index is 13.2. The van der Waals surface area contributed by atoms with E-state index in [0.717, 1.165) is 6.26 Å². The SMILES string of the molecule is C=C(C)C(=O)OC(C)(C)C.C=COC1C2CC3OC(C(F)(F)F)(C(F)(F)F)C1C3C2. The average molecular weight is 444 g/mol. The van der Waals surface area contributed by atoms with Gasteiger partial charge in [-0.3, -0.25) is 0 Å². The Morgan fingerprint density at radius 2 is 1.63 bits per heavy atom. The number of esters is 1. The van der Waals surface area contributed by atoms with Gasteiger partial charge in [0.05, 0.1) is 12.4 Å². The summed E-state index contributed by atoms with van der Waals surface area (Å²) in [5, 5.41) is 0. The largest absolute Gasteiger partial charge is 0.498 e. The lowest BCUT2D eigenvalue weighted by molar-refractivity contribution is -0.387. The molecular formula is C20H26F6O4. The lowest BCUT2D eigenvalue weighted by Gasteiger charge is -2.39. The van der Waals surface area contributed by atoms with E-state index in [2.05, 4.69) is 17.9 Å². The molecule has 0 aromatic rings. The first-order valence-corrected chi connectivity index (χ1v) is 9.42. The third-order valence-electron chi connectivity index (χ3n) is 5.52. The molecule has 30 heavy (non-hydrogen) atoms. The van der Waals surface area contributed by atoms with Crippen LogP contribution in [0.5, 0.6) is 0 Å². The molecular weight excluding hydrogens is 418 g/mol. The maximum atomic E-state index is 13.2. The van der Waals surface area contributed by atoms with Crippen molar-refractivity contribution >= 4 is 5.97 Å².